The van der Waals surface area contributed by atoms with Crippen LogP contribution in [-0.4, -0.2) is 10.8 Å². The fraction of sp³-hybridized carbons (Fsp3) is 0.158. The lowest BCUT2D eigenvalue weighted by Gasteiger charge is -2.12. The highest BCUT2D eigenvalue weighted by atomic mass is 19.4. The second-order valence-corrected chi connectivity index (χ2v) is 5.73. The molecule has 0 saturated heterocycles. The Morgan fingerprint density at radius 2 is 1.85 bits per heavy atom. The number of carbonyl (C=O) groups is 1. The number of ketones is 1. The highest BCUT2D eigenvalue weighted by Crippen LogP contribution is 2.32. The first kappa shape index (κ1) is 17.8. The quantitative estimate of drug-likeness (QED) is 0.609. The van der Waals surface area contributed by atoms with E-state index in [1.807, 2.05) is 0 Å². The minimum Gasteiger partial charge on any atom is -0.443 e. The van der Waals surface area contributed by atoms with Crippen LogP contribution in [0.25, 0.3) is 11.3 Å². The zero-order chi connectivity index (χ0) is 18.7. The van der Waals surface area contributed by atoms with Crippen molar-refractivity contribution in [1.82, 2.24) is 4.98 Å². The van der Waals surface area contributed by atoms with Crippen LogP contribution < -0.4 is 0 Å². The average molecular weight is 363 g/mol. The monoisotopic (exact) mass is 363 g/mol. The second kappa shape index (κ2) is 7.11. The van der Waals surface area contributed by atoms with Crippen molar-refractivity contribution in [2.75, 3.05) is 0 Å². The molecule has 1 aromatic heterocycles. The van der Waals surface area contributed by atoms with E-state index in [0.29, 0.717) is 5.56 Å². The van der Waals surface area contributed by atoms with Gasteiger partial charge in [0.05, 0.1) is 17.3 Å². The van der Waals surface area contributed by atoms with Crippen LogP contribution in [0.4, 0.5) is 17.6 Å². The summed E-state index contributed by atoms with van der Waals surface area (Å²) >= 11 is 0. The normalized spacial score (nSPS) is 11.5. The molecule has 3 aromatic rings. The molecule has 3 nitrogen and oxygen atoms in total. The Bertz CT molecular complexity index is 918. The summed E-state index contributed by atoms with van der Waals surface area (Å²) in [5, 5.41) is 0. The Labute approximate surface area is 146 Å². The molecule has 134 valence electrons. The lowest BCUT2D eigenvalue weighted by Crippen LogP contribution is -2.13. The Morgan fingerprint density at radius 3 is 2.50 bits per heavy atom. The predicted octanol–water partition coefficient (Wildman–Crippen LogP) is 4.85. The fourth-order valence-electron chi connectivity index (χ4n) is 2.67. The predicted molar refractivity (Wildman–Crippen MR) is 85.8 cm³/mol. The molecule has 2 aromatic carbocycles. The minimum absolute atomic E-state index is 0.0937. The number of alkyl halides is 3. The molecular formula is C19H13F4NO2. The smallest absolute Gasteiger partial charge is 0.416 e. The van der Waals surface area contributed by atoms with Crippen molar-refractivity contribution in [2.24, 2.45) is 0 Å². The number of rotatable bonds is 5. The first-order valence-corrected chi connectivity index (χ1v) is 7.68. The summed E-state index contributed by atoms with van der Waals surface area (Å²) in [6.45, 7) is 0. The Morgan fingerprint density at radius 1 is 1.08 bits per heavy atom. The van der Waals surface area contributed by atoms with Crippen LogP contribution in [0.5, 0.6) is 0 Å². The van der Waals surface area contributed by atoms with Gasteiger partial charge in [-0.2, -0.15) is 13.2 Å². The molecule has 0 unspecified atom stereocenters. The van der Waals surface area contributed by atoms with Crippen LogP contribution in [0, 0.1) is 5.82 Å². The minimum atomic E-state index is -4.53. The maximum absolute atomic E-state index is 14.2. The molecule has 0 atom stereocenters. The summed E-state index contributed by atoms with van der Waals surface area (Å²) < 4.78 is 58.1. The van der Waals surface area contributed by atoms with E-state index >= 15 is 0 Å². The topological polar surface area (TPSA) is 43.1 Å². The van der Waals surface area contributed by atoms with Gasteiger partial charge in [0.2, 0.25) is 0 Å². The fourth-order valence-corrected chi connectivity index (χ4v) is 2.67. The molecule has 0 amide bonds. The lowest BCUT2D eigenvalue weighted by molar-refractivity contribution is -0.138. The number of carbonyl (C=O) groups excluding carboxylic acids is 1. The van der Waals surface area contributed by atoms with Crippen LogP contribution in [-0.2, 0) is 23.8 Å². The standard InChI is InChI=1S/C19H13F4NO2/c20-17-8-12(5-6-15(17)18-10-24-11-26-18)7-14(25)9-13-3-1-2-4-16(13)19(21,22)23/h1-6,8,10-11H,7,9H2. The molecule has 3 rings (SSSR count). The summed E-state index contributed by atoms with van der Waals surface area (Å²) in [7, 11) is 0. The van der Waals surface area contributed by atoms with Crippen LogP contribution in [0.2, 0.25) is 0 Å². The average Bonchev–Trinajstić information content (AvgIpc) is 3.08. The molecule has 0 aliphatic rings. The number of aromatic nitrogens is 1. The van der Waals surface area contributed by atoms with E-state index < -0.39 is 23.3 Å². The Kier molecular flexibility index (Phi) is 4.88. The van der Waals surface area contributed by atoms with Gasteiger partial charge in [-0.3, -0.25) is 4.79 Å². The molecule has 0 fully saturated rings. The van der Waals surface area contributed by atoms with Crippen molar-refractivity contribution in [2.45, 2.75) is 19.0 Å². The molecule has 0 radical (unpaired) electrons. The zero-order valence-corrected chi connectivity index (χ0v) is 13.4. The molecule has 0 N–H and O–H groups in total. The number of halogens is 4. The van der Waals surface area contributed by atoms with E-state index in [1.165, 1.54) is 49.0 Å². The number of nitrogens with zero attached hydrogens (tertiary/aromatic N) is 1. The molecule has 1 heterocycles. The summed E-state index contributed by atoms with van der Waals surface area (Å²) in [6.07, 6.45) is -2.54. The lowest BCUT2D eigenvalue weighted by atomic mass is 9.98. The van der Waals surface area contributed by atoms with Gasteiger partial charge < -0.3 is 4.42 Å². The summed E-state index contributed by atoms with van der Waals surface area (Å²) in [4.78, 5) is 15.9. The van der Waals surface area contributed by atoms with Crippen molar-refractivity contribution in [3.63, 3.8) is 0 Å². The van der Waals surface area contributed by atoms with Crippen LogP contribution in [0.3, 0.4) is 0 Å². The van der Waals surface area contributed by atoms with E-state index in [9.17, 15) is 22.4 Å². The van der Waals surface area contributed by atoms with Crippen molar-refractivity contribution < 1.29 is 26.8 Å². The molecule has 0 aliphatic heterocycles. The summed E-state index contributed by atoms with van der Waals surface area (Å²) in [5.41, 5.74) is -0.356. The van der Waals surface area contributed by atoms with E-state index in [4.69, 9.17) is 4.42 Å². The highest BCUT2D eigenvalue weighted by Gasteiger charge is 2.33. The van der Waals surface area contributed by atoms with Gasteiger partial charge in [-0.15, -0.1) is 0 Å². The van der Waals surface area contributed by atoms with Gasteiger partial charge in [0.15, 0.2) is 12.2 Å². The molecule has 26 heavy (non-hydrogen) atoms. The first-order valence-electron chi connectivity index (χ1n) is 7.68. The summed E-state index contributed by atoms with van der Waals surface area (Å²) in [6, 6.07) is 9.09. The van der Waals surface area contributed by atoms with Gasteiger partial charge in [-0.25, -0.2) is 9.37 Å². The Balaban J connectivity index is 1.74. The number of oxazole rings is 1. The molecule has 0 aliphatic carbocycles. The number of Topliss-reactive ketones (excluding diaryl/α,β-unsaturated/α-hetero) is 1. The van der Waals surface area contributed by atoms with Gasteiger partial charge in [0.25, 0.3) is 0 Å². The number of hydrogen-bond donors (Lipinski definition) is 0. The molecule has 0 bridgehead atoms. The molecular weight excluding hydrogens is 350 g/mol. The third-order valence-electron chi connectivity index (χ3n) is 3.84. The van der Waals surface area contributed by atoms with E-state index in [0.717, 1.165) is 6.07 Å². The second-order valence-electron chi connectivity index (χ2n) is 5.73. The largest absolute Gasteiger partial charge is 0.443 e. The highest BCUT2D eigenvalue weighted by molar-refractivity contribution is 5.83. The maximum atomic E-state index is 14.2. The molecule has 7 heteroatoms. The maximum Gasteiger partial charge on any atom is 0.416 e. The van der Waals surface area contributed by atoms with Gasteiger partial charge >= 0.3 is 6.18 Å². The SMILES string of the molecule is O=C(Cc1ccc(-c2cnco2)c(F)c1)Cc1ccccc1C(F)(F)F. The zero-order valence-electron chi connectivity index (χ0n) is 13.4. The number of hydrogen-bond acceptors (Lipinski definition) is 3. The number of benzene rings is 2. The Hall–Kier alpha value is -2.96. The third kappa shape index (κ3) is 3.99. The van der Waals surface area contributed by atoms with Crippen LogP contribution >= 0.6 is 0 Å². The van der Waals surface area contributed by atoms with E-state index in [2.05, 4.69) is 4.98 Å². The van der Waals surface area contributed by atoms with Crippen LogP contribution in [0.15, 0.2) is 59.5 Å². The van der Waals surface area contributed by atoms with E-state index in [-0.39, 0.29) is 29.7 Å². The summed E-state index contributed by atoms with van der Waals surface area (Å²) in [5.74, 6) is -0.782. The van der Waals surface area contributed by atoms with Gasteiger partial charge in [-0.05, 0) is 29.3 Å². The van der Waals surface area contributed by atoms with Crippen molar-refractivity contribution in [3.8, 4) is 11.3 Å². The van der Waals surface area contributed by atoms with Gasteiger partial charge in [0.1, 0.15) is 11.6 Å². The van der Waals surface area contributed by atoms with Gasteiger partial charge in [-0.1, -0.05) is 24.3 Å². The molecule has 0 spiro atoms. The molecule has 0 saturated carbocycles. The van der Waals surface area contributed by atoms with E-state index in [1.54, 1.807) is 0 Å². The van der Waals surface area contributed by atoms with Crippen molar-refractivity contribution in [3.05, 3.63) is 77.6 Å². The van der Waals surface area contributed by atoms with Gasteiger partial charge in [0, 0.05) is 12.8 Å². The first-order chi connectivity index (χ1) is 12.3. The van der Waals surface area contributed by atoms with Crippen molar-refractivity contribution >= 4 is 5.78 Å². The third-order valence-corrected chi connectivity index (χ3v) is 3.84. The van der Waals surface area contributed by atoms with Crippen molar-refractivity contribution in [1.29, 1.82) is 0 Å². The van der Waals surface area contributed by atoms with Crippen LogP contribution in [0.1, 0.15) is 16.7 Å².